The van der Waals surface area contributed by atoms with Gasteiger partial charge in [-0.05, 0) is 12.1 Å². The maximum absolute atomic E-state index is 11.6. The normalized spacial score (nSPS) is 11.9. The molecule has 0 spiro atoms. The highest BCUT2D eigenvalue weighted by atomic mass is 35.5. The van der Waals surface area contributed by atoms with Crippen LogP contribution < -0.4 is 5.32 Å². The molecule has 0 aliphatic carbocycles. The van der Waals surface area contributed by atoms with E-state index in [0.29, 0.717) is 0 Å². The van der Waals surface area contributed by atoms with Crippen LogP contribution in [0.3, 0.4) is 0 Å². The van der Waals surface area contributed by atoms with Gasteiger partial charge in [0.2, 0.25) is 0 Å². The van der Waals surface area contributed by atoms with Gasteiger partial charge in [-0.3, -0.25) is 4.79 Å². The van der Waals surface area contributed by atoms with Crippen LogP contribution in [0.15, 0.2) is 12.1 Å². The van der Waals surface area contributed by atoms with Crippen LogP contribution in [0.5, 0.6) is 0 Å². The summed E-state index contributed by atoms with van der Waals surface area (Å²) in [6.07, 6.45) is 0. The Morgan fingerprint density at radius 1 is 1.41 bits per heavy atom. The van der Waals surface area contributed by atoms with Crippen molar-refractivity contribution in [3.05, 3.63) is 28.0 Å². The Kier molecular flexibility index (Phi) is 4.68. The van der Waals surface area contributed by atoms with Crippen LogP contribution in [0.2, 0.25) is 10.2 Å². The highest BCUT2D eigenvalue weighted by Gasteiger charge is 2.21. The van der Waals surface area contributed by atoms with Gasteiger partial charge < -0.3 is 15.5 Å². The minimum Gasteiger partial charge on any atom is -0.480 e. The number of carbonyl (C=O) groups is 2. The molecule has 8 heteroatoms. The summed E-state index contributed by atoms with van der Waals surface area (Å²) in [6, 6.07) is 1.33. The number of aliphatic hydroxyl groups excluding tert-OH is 1. The molecule has 92 valence electrons. The number of nitrogens with zero attached hydrogens (tertiary/aromatic N) is 1. The molecule has 0 saturated carbocycles. The number of aliphatic carboxylic acids is 1. The Balaban J connectivity index is 2.89. The minimum atomic E-state index is -1.42. The maximum Gasteiger partial charge on any atom is 0.328 e. The van der Waals surface area contributed by atoms with E-state index in [0.717, 1.165) is 0 Å². The van der Waals surface area contributed by atoms with Gasteiger partial charge in [0, 0.05) is 0 Å². The molecule has 1 aromatic rings. The van der Waals surface area contributed by atoms with Gasteiger partial charge >= 0.3 is 5.97 Å². The SMILES string of the molecule is O=C(N[C@@H](CO)C(=O)O)c1nc(Cl)ccc1Cl. The van der Waals surface area contributed by atoms with Crippen LogP contribution in [0.4, 0.5) is 0 Å². The zero-order valence-corrected chi connectivity index (χ0v) is 9.87. The number of hydrogen-bond donors (Lipinski definition) is 3. The highest BCUT2D eigenvalue weighted by molar-refractivity contribution is 6.34. The predicted molar refractivity (Wildman–Crippen MR) is 60.2 cm³/mol. The molecule has 3 N–H and O–H groups in total. The molecule has 0 aliphatic rings. The van der Waals surface area contributed by atoms with Gasteiger partial charge in [0.15, 0.2) is 6.04 Å². The van der Waals surface area contributed by atoms with Crippen LogP contribution >= 0.6 is 23.2 Å². The summed E-state index contributed by atoms with van der Waals surface area (Å²) in [5.74, 6) is -2.18. The molecule has 1 atom stereocenters. The summed E-state index contributed by atoms with van der Waals surface area (Å²) in [5.41, 5.74) is -0.195. The molecular weight excluding hydrogens is 271 g/mol. The summed E-state index contributed by atoms with van der Waals surface area (Å²) in [4.78, 5) is 25.9. The number of halogens is 2. The molecule has 0 aliphatic heterocycles. The quantitative estimate of drug-likeness (QED) is 0.699. The largest absolute Gasteiger partial charge is 0.480 e. The van der Waals surface area contributed by atoms with Gasteiger partial charge in [-0.15, -0.1) is 0 Å². The first-order valence-corrected chi connectivity index (χ1v) is 5.18. The number of carbonyl (C=O) groups excluding carboxylic acids is 1. The first-order chi connectivity index (χ1) is 7.95. The molecule has 0 bridgehead atoms. The highest BCUT2D eigenvalue weighted by Crippen LogP contribution is 2.16. The van der Waals surface area contributed by atoms with E-state index in [1.807, 2.05) is 0 Å². The number of aromatic nitrogens is 1. The third kappa shape index (κ3) is 3.55. The number of rotatable bonds is 4. The second-order valence-electron chi connectivity index (χ2n) is 3.01. The fraction of sp³-hybridized carbons (Fsp3) is 0.222. The van der Waals surface area contributed by atoms with Crippen molar-refractivity contribution in [3.63, 3.8) is 0 Å². The molecule has 17 heavy (non-hydrogen) atoms. The Bertz CT molecular complexity index is 453. The van der Waals surface area contributed by atoms with Crippen LogP contribution in [0.25, 0.3) is 0 Å². The zero-order valence-electron chi connectivity index (χ0n) is 8.35. The van der Waals surface area contributed by atoms with Crippen LogP contribution in [-0.4, -0.2) is 39.7 Å². The van der Waals surface area contributed by atoms with Gasteiger partial charge in [0.1, 0.15) is 10.8 Å². The lowest BCUT2D eigenvalue weighted by Gasteiger charge is -2.11. The Morgan fingerprint density at radius 2 is 2.06 bits per heavy atom. The van der Waals surface area contributed by atoms with Crippen molar-refractivity contribution < 1.29 is 19.8 Å². The number of hydrogen-bond acceptors (Lipinski definition) is 4. The number of aliphatic hydroxyl groups is 1. The van der Waals surface area contributed by atoms with Crippen molar-refractivity contribution in [2.75, 3.05) is 6.61 Å². The average molecular weight is 279 g/mol. The monoisotopic (exact) mass is 278 g/mol. The van der Waals surface area contributed by atoms with Gasteiger partial charge in [-0.1, -0.05) is 23.2 Å². The Morgan fingerprint density at radius 3 is 2.59 bits per heavy atom. The van der Waals surface area contributed by atoms with Gasteiger partial charge in [0.05, 0.1) is 11.6 Å². The molecule has 6 nitrogen and oxygen atoms in total. The molecule has 0 unspecified atom stereocenters. The Hall–Kier alpha value is -1.37. The molecule has 1 heterocycles. The molecule has 0 radical (unpaired) electrons. The van der Waals surface area contributed by atoms with E-state index in [-0.39, 0.29) is 15.9 Å². The smallest absolute Gasteiger partial charge is 0.328 e. The molecule has 1 amide bonds. The molecule has 0 aromatic carbocycles. The molecule has 1 rings (SSSR count). The van der Waals surface area contributed by atoms with E-state index in [9.17, 15) is 9.59 Å². The number of pyridine rings is 1. The lowest BCUT2D eigenvalue weighted by atomic mass is 10.2. The first kappa shape index (κ1) is 13.7. The predicted octanol–water partition coefficient (Wildman–Crippen LogP) is 0.564. The first-order valence-electron chi connectivity index (χ1n) is 4.42. The molecule has 0 saturated heterocycles. The van der Waals surface area contributed by atoms with E-state index in [1.165, 1.54) is 12.1 Å². The number of carboxylic acids is 1. The summed E-state index contributed by atoms with van der Waals surface area (Å²) in [5, 5.41) is 19.5. The van der Waals surface area contributed by atoms with E-state index in [1.54, 1.807) is 0 Å². The van der Waals surface area contributed by atoms with Crippen molar-refractivity contribution in [2.45, 2.75) is 6.04 Å². The summed E-state index contributed by atoms with van der Waals surface area (Å²) < 4.78 is 0. The summed E-state index contributed by atoms with van der Waals surface area (Å²) >= 11 is 11.3. The lowest BCUT2D eigenvalue weighted by molar-refractivity contribution is -0.140. The third-order valence-electron chi connectivity index (χ3n) is 1.81. The van der Waals surface area contributed by atoms with Gasteiger partial charge in [-0.2, -0.15) is 0 Å². The second-order valence-corrected chi connectivity index (χ2v) is 3.81. The standard InChI is InChI=1S/C9H8Cl2N2O4/c10-4-1-2-6(11)13-7(4)8(15)12-5(3-14)9(16)17/h1-2,5,14H,3H2,(H,12,15)(H,16,17)/t5-/m0/s1. The van der Waals surface area contributed by atoms with Crippen molar-refractivity contribution in [1.29, 1.82) is 0 Å². The topological polar surface area (TPSA) is 99.5 Å². The second kappa shape index (κ2) is 5.81. The van der Waals surface area contributed by atoms with Crippen molar-refractivity contribution in [2.24, 2.45) is 0 Å². The fourth-order valence-electron chi connectivity index (χ4n) is 0.990. The van der Waals surface area contributed by atoms with E-state index in [2.05, 4.69) is 10.3 Å². The Labute approximate surface area is 106 Å². The minimum absolute atomic E-state index is 0.0361. The van der Waals surface area contributed by atoms with Crippen molar-refractivity contribution in [3.8, 4) is 0 Å². The number of carboxylic acid groups (broad SMARTS) is 1. The van der Waals surface area contributed by atoms with Crippen molar-refractivity contribution >= 4 is 35.1 Å². The van der Waals surface area contributed by atoms with Gasteiger partial charge in [-0.25, -0.2) is 9.78 Å². The summed E-state index contributed by atoms with van der Waals surface area (Å²) in [6.45, 7) is -0.737. The molecule has 1 aromatic heterocycles. The third-order valence-corrected chi connectivity index (χ3v) is 2.33. The van der Waals surface area contributed by atoms with E-state index in [4.69, 9.17) is 33.4 Å². The number of amides is 1. The average Bonchev–Trinajstić information content (AvgIpc) is 2.28. The lowest BCUT2D eigenvalue weighted by Crippen LogP contribution is -2.43. The maximum atomic E-state index is 11.6. The van der Waals surface area contributed by atoms with Gasteiger partial charge in [0.25, 0.3) is 5.91 Å². The fourth-order valence-corrected chi connectivity index (χ4v) is 1.33. The summed E-state index contributed by atoms with van der Waals surface area (Å²) in [7, 11) is 0. The molecular formula is C9H8Cl2N2O4. The van der Waals surface area contributed by atoms with Crippen LogP contribution in [0.1, 0.15) is 10.5 Å². The number of nitrogens with one attached hydrogen (secondary N) is 1. The van der Waals surface area contributed by atoms with E-state index < -0.39 is 24.5 Å². The van der Waals surface area contributed by atoms with Crippen LogP contribution in [-0.2, 0) is 4.79 Å². The van der Waals surface area contributed by atoms with Crippen molar-refractivity contribution in [1.82, 2.24) is 10.3 Å². The molecule has 0 fully saturated rings. The zero-order chi connectivity index (χ0) is 13.0. The van der Waals surface area contributed by atoms with E-state index >= 15 is 0 Å². The van der Waals surface area contributed by atoms with Crippen LogP contribution in [0, 0.1) is 0 Å².